The summed E-state index contributed by atoms with van der Waals surface area (Å²) in [6, 6.07) is 2.52. The topological polar surface area (TPSA) is 41.0 Å². The highest BCUT2D eigenvalue weighted by atomic mass is 15.1. The first-order chi connectivity index (χ1) is 8.99. The summed E-state index contributed by atoms with van der Waals surface area (Å²) in [5.41, 5.74) is 0.00324. The predicted molar refractivity (Wildman–Crippen MR) is 79.5 cm³/mol. The summed E-state index contributed by atoms with van der Waals surface area (Å²) in [7, 11) is 0. The molecule has 1 aromatic heterocycles. The second kappa shape index (κ2) is 5.87. The summed E-state index contributed by atoms with van der Waals surface area (Å²) in [6.45, 7) is 12.2. The third kappa shape index (κ3) is 3.90. The van der Waals surface area contributed by atoms with E-state index in [0.29, 0.717) is 6.04 Å². The van der Waals surface area contributed by atoms with Gasteiger partial charge in [0.25, 0.3) is 0 Å². The smallest absolute Gasteiger partial charge is 0.135 e. The molecule has 1 N–H and O–H groups in total. The highest BCUT2D eigenvalue weighted by Gasteiger charge is 2.20. The molecular formula is C15H26N4. The number of hydrogen-bond donors (Lipinski definition) is 1. The van der Waals surface area contributed by atoms with Crippen molar-refractivity contribution in [2.75, 3.05) is 25.0 Å². The second-order valence-corrected chi connectivity index (χ2v) is 6.37. The van der Waals surface area contributed by atoms with Crippen molar-refractivity contribution in [3.8, 4) is 0 Å². The molecular weight excluding hydrogens is 236 g/mol. The molecule has 1 fully saturated rings. The number of hydrogen-bond acceptors (Lipinski definition) is 4. The Morgan fingerprint density at radius 2 is 2.00 bits per heavy atom. The summed E-state index contributed by atoms with van der Waals surface area (Å²) in [5.74, 6) is 1.87. The first kappa shape index (κ1) is 14.3. The maximum atomic E-state index is 4.64. The van der Waals surface area contributed by atoms with E-state index in [4.69, 9.17) is 0 Å². The summed E-state index contributed by atoms with van der Waals surface area (Å²) in [4.78, 5) is 11.5. The maximum Gasteiger partial charge on any atom is 0.135 e. The third-order valence-corrected chi connectivity index (χ3v) is 3.71. The molecule has 0 amide bonds. The summed E-state index contributed by atoms with van der Waals surface area (Å²) in [5, 5.41) is 3.56. The van der Waals surface area contributed by atoms with Crippen molar-refractivity contribution in [3.05, 3.63) is 18.1 Å². The van der Waals surface area contributed by atoms with Crippen LogP contribution in [0, 0.1) is 0 Å². The van der Waals surface area contributed by atoms with Crippen LogP contribution in [0.15, 0.2) is 12.3 Å². The van der Waals surface area contributed by atoms with Gasteiger partial charge in [-0.1, -0.05) is 27.7 Å². The van der Waals surface area contributed by atoms with E-state index < -0.39 is 0 Å². The fourth-order valence-electron chi connectivity index (χ4n) is 2.40. The molecule has 0 aromatic carbocycles. The van der Waals surface area contributed by atoms with Crippen LogP contribution in [0.25, 0.3) is 0 Å². The van der Waals surface area contributed by atoms with Crippen molar-refractivity contribution in [2.24, 2.45) is 0 Å². The predicted octanol–water partition coefficient (Wildman–Crippen LogP) is 2.67. The molecule has 19 heavy (non-hydrogen) atoms. The van der Waals surface area contributed by atoms with Crippen LogP contribution in [0.2, 0.25) is 0 Å². The van der Waals surface area contributed by atoms with Gasteiger partial charge in [-0.25, -0.2) is 9.97 Å². The normalized spacial score (nSPS) is 18.5. The monoisotopic (exact) mass is 262 g/mol. The molecule has 0 bridgehead atoms. The fourth-order valence-corrected chi connectivity index (χ4v) is 2.40. The molecule has 0 saturated carbocycles. The van der Waals surface area contributed by atoms with Crippen LogP contribution in [0.5, 0.6) is 0 Å². The van der Waals surface area contributed by atoms with Gasteiger partial charge in [0.1, 0.15) is 11.6 Å². The number of likely N-dealkylation sites (tertiary alicyclic amines) is 1. The number of anilines is 1. The molecule has 0 spiro atoms. The Kier molecular flexibility index (Phi) is 4.40. The van der Waals surface area contributed by atoms with E-state index in [1.165, 1.54) is 25.9 Å². The van der Waals surface area contributed by atoms with Crippen molar-refractivity contribution in [3.63, 3.8) is 0 Å². The first-order valence-electron chi connectivity index (χ1n) is 7.31. The molecule has 1 aliphatic rings. The first-order valence-corrected chi connectivity index (χ1v) is 7.31. The fraction of sp³-hybridized carbons (Fsp3) is 0.733. The zero-order valence-electron chi connectivity index (χ0n) is 12.6. The average Bonchev–Trinajstić information content (AvgIpc) is 2.39. The lowest BCUT2D eigenvalue weighted by Crippen LogP contribution is -2.39. The number of nitrogens with zero attached hydrogens (tertiary/aromatic N) is 3. The Balaban J connectivity index is 1.97. The van der Waals surface area contributed by atoms with E-state index in [0.717, 1.165) is 18.2 Å². The van der Waals surface area contributed by atoms with E-state index in [9.17, 15) is 0 Å². The van der Waals surface area contributed by atoms with Crippen LogP contribution in [-0.4, -0.2) is 40.5 Å². The van der Waals surface area contributed by atoms with Crippen molar-refractivity contribution in [1.82, 2.24) is 14.9 Å². The van der Waals surface area contributed by atoms with Gasteiger partial charge in [-0.3, -0.25) is 0 Å². The molecule has 106 valence electrons. The van der Waals surface area contributed by atoms with Gasteiger partial charge in [0, 0.05) is 30.7 Å². The van der Waals surface area contributed by atoms with Crippen molar-refractivity contribution >= 4 is 5.82 Å². The van der Waals surface area contributed by atoms with Gasteiger partial charge in [0.2, 0.25) is 0 Å². The van der Waals surface area contributed by atoms with Crippen LogP contribution >= 0.6 is 0 Å². The quantitative estimate of drug-likeness (QED) is 0.909. The minimum Gasteiger partial charge on any atom is -0.367 e. The van der Waals surface area contributed by atoms with Crippen LogP contribution < -0.4 is 5.32 Å². The van der Waals surface area contributed by atoms with Gasteiger partial charge in [-0.2, -0.15) is 0 Å². The van der Waals surface area contributed by atoms with E-state index in [-0.39, 0.29) is 5.41 Å². The van der Waals surface area contributed by atoms with Crippen LogP contribution in [0.1, 0.15) is 46.4 Å². The zero-order valence-corrected chi connectivity index (χ0v) is 12.6. The number of rotatable bonds is 3. The van der Waals surface area contributed by atoms with E-state index >= 15 is 0 Å². The van der Waals surface area contributed by atoms with Gasteiger partial charge < -0.3 is 10.2 Å². The molecule has 1 saturated heterocycles. The summed E-state index contributed by atoms with van der Waals surface area (Å²) >= 11 is 0. The molecule has 4 heteroatoms. The molecule has 1 aromatic rings. The van der Waals surface area contributed by atoms with Crippen molar-refractivity contribution < 1.29 is 0 Å². The number of aromatic nitrogens is 2. The van der Waals surface area contributed by atoms with Gasteiger partial charge >= 0.3 is 0 Å². The standard InChI is InChI=1S/C15H26N4/c1-5-19-10-7-12(8-11-19)17-13-6-9-16-14(18-13)15(2,3)4/h6,9,12H,5,7-8,10-11H2,1-4H3,(H,16,17,18). The average molecular weight is 262 g/mol. The van der Waals surface area contributed by atoms with E-state index in [2.05, 4.69) is 47.9 Å². The van der Waals surface area contributed by atoms with Gasteiger partial charge in [0.05, 0.1) is 0 Å². The Hall–Kier alpha value is -1.16. The molecule has 0 atom stereocenters. The molecule has 2 rings (SSSR count). The summed E-state index contributed by atoms with van der Waals surface area (Å²) in [6.07, 6.45) is 4.25. The highest BCUT2D eigenvalue weighted by molar-refractivity contribution is 5.35. The Morgan fingerprint density at radius 1 is 1.32 bits per heavy atom. The van der Waals surface area contributed by atoms with Gasteiger partial charge in [0.15, 0.2) is 0 Å². The molecule has 1 aliphatic heterocycles. The lowest BCUT2D eigenvalue weighted by Gasteiger charge is -2.31. The maximum absolute atomic E-state index is 4.64. The number of piperidine rings is 1. The van der Waals surface area contributed by atoms with Crippen LogP contribution in [-0.2, 0) is 5.41 Å². The highest BCUT2D eigenvalue weighted by Crippen LogP contribution is 2.20. The number of nitrogens with one attached hydrogen (secondary N) is 1. The Bertz CT molecular complexity index is 403. The Morgan fingerprint density at radius 3 is 2.58 bits per heavy atom. The van der Waals surface area contributed by atoms with Crippen molar-refractivity contribution in [2.45, 2.75) is 52.0 Å². The van der Waals surface area contributed by atoms with Crippen LogP contribution in [0.4, 0.5) is 5.82 Å². The summed E-state index contributed by atoms with van der Waals surface area (Å²) < 4.78 is 0. The molecule has 2 heterocycles. The van der Waals surface area contributed by atoms with E-state index in [1.54, 1.807) is 0 Å². The minimum absolute atomic E-state index is 0.00324. The zero-order chi connectivity index (χ0) is 13.9. The lowest BCUT2D eigenvalue weighted by atomic mass is 9.96. The lowest BCUT2D eigenvalue weighted by molar-refractivity contribution is 0.229. The molecule has 4 nitrogen and oxygen atoms in total. The molecule has 0 aliphatic carbocycles. The molecule has 0 radical (unpaired) electrons. The van der Waals surface area contributed by atoms with Gasteiger partial charge in [-0.15, -0.1) is 0 Å². The van der Waals surface area contributed by atoms with Crippen molar-refractivity contribution in [1.29, 1.82) is 0 Å². The SMILES string of the molecule is CCN1CCC(Nc2ccnc(C(C)(C)C)n2)CC1. The minimum atomic E-state index is 0.00324. The third-order valence-electron chi connectivity index (χ3n) is 3.71. The second-order valence-electron chi connectivity index (χ2n) is 6.37. The van der Waals surface area contributed by atoms with Gasteiger partial charge in [-0.05, 0) is 25.5 Å². The Labute approximate surface area is 116 Å². The molecule has 0 unspecified atom stereocenters. The van der Waals surface area contributed by atoms with Crippen LogP contribution in [0.3, 0.4) is 0 Å². The largest absolute Gasteiger partial charge is 0.367 e. The van der Waals surface area contributed by atoms with E-state index in [1.807, 2.05) is 12.3 Å².